The molecule has 2 aromatic rings. The third kappa shape index (κ3) is 4.59. The lowest BCUT2D eigenvalue weighted by molar-refractivity contribution is -0.131. The van der Waals surface area contributed by atoms with Crippen molar-refractivity contribution >= 4 is 17.4 Å². The summed E-state index contributed by atoms with van der Waals surface area (Å²) in [5, 5.41) is 2.61. The molecule has 1 fully saturated rings. The van der Waals surface area contributed by atoms with Gasteiger partial charge in [-0.25, -0.2) is 4.39 Å². The summed E-state index contributed by atoms with van der Waals surface area (Å²) in [6.07, 6.45) is 0.106. The number of nitrogens with zero attached hydrogens (tertiary/aromatic N) is 1. The van der Waals surface area contributed by atoms with Crippen LogP contribution in [0.4, 0.5) is 23.2 Å². The average Bonchev–Trinajstić information content (AvgIpc) is 2.95. The van der Waals surface area contributed by atoms with Crippen LogP contribution in [-0.2, 0) is 9.53 Å². The summed E-state index contributed by atoms with van der Waals surface area (Å²) in [5.74, 6) is -6.23. The summed E-state index contributed by atoms with van der Waals surface area (Å²) in [5.41, 5.74) is -0.609. The molecule has 32 heavy (non-hydrogen) atoms. The maximum Gasteiger partial charge on any atom is 0.387 e. The third-order valence-corrected chi connectivity index (χ3v) is 5.69. The first kappa shape index (κ1) is 23.6. The van der Waals surface area contributed by atoms with Gasteiger partial charge >= 0.3 is 6.61 Å². The molecule has 10 heteroatoms. The second kappa shape index (κ2) is 8.85. The topological polar surface area (TPSA) is 77.5 Å². The maximum absolute atomic E-state index is 14.4. The highest BCUT2D eigenvalue weighted by Crippen LogP contribution is 2.49. The van der Waals surface area contributed by atoms with Crippen LogP contribution in [0.15, 0.2) is 30.5 Å². The minimum Gasteiger partial charge on any atom is -0.431 e. The molecule has 0 unspecified atom stereocenters. The third-order valence-electron chi connectivity index (χ3n) is 5.69. The fraction of sp³-hybridized carbons (Fsp3) is 0.409. The van der Waals surface area contributed by atoms with Crippen LogP contribution in [0.1, 0.15) is 49.7 Å². The highest BCUT2D eigenvalue weighted by Gasteiger charge is 2.51. The Bertz CT molecular complexity index is 1040. The SMILES string of the molecule is CC(=O)c1cc(NC(=O)[C@@H]2OC(C)(C)[C@@H](C)[C@H]2c2ccc(F)c(F)c2OC(F)F)ccn1. The first-order valence-corrected chi connectivity index (χ1v) is 9.80. The van der Waals surface area contributed by atoms with Crippen molar-refractivity contribution in [2.75, 3.05) is 5.32 Å². The number of carbonyl (C=O) groups is 2. The molecular weight excluding hydrogens is 432 g/mol. The molecule has 1 amide bonds. The minimum absolute atomic E-state index is 0.110. The summed E-state index contributed by atoms with van der Waals surface area (Å²) in [6.45, 7) is 3.04. The Labute approximate surface area is 181 Å². The summed E-state index contributed by atoms with van der Waals surface area (Å²) in [6, 6.07) is 4.74. The lowest BCUT2D eigenvalue weighted by Gasteiger charge is -2.26. The number of pyridine rings is 1. The van der Waals surface area contributed by atoms with Gasteiger partial charge in [0.25, 0.3) is 5.91 Å². The quantitative estimate of drug-likeness (QED) is 0.506. The van der Waals surface area contributed by atoms with Gasteiger partial charge in [-0.2, -0.15) is 13.2 Å². The van der Waals surface area contributed by atoms with Crippen molar-refractivity contribution in [3.8, 4) is 5.75 Å². The Morgan fingerprint density at radius 3 is 2.53 bits per heavy atom. The van der Waals surface area contributed by atoms with E-state index in [0.717, 1.165) is 12.1 Å². The van der Waals surface area contributed by atoms with E-state index in [1.54, 1.807) is 20.8 Å². The van der Waals surface area contributed by atoms with Gasteiger partial charge in [-0.15, -0.1) is 0 Å². The van der Waals surface area contributed by atoms with Crippen LogP contribution in [0.25, 0.3) is 0 Å². The van der Waals surface area contributed by atoms with Gasteiger partial charge in [0.05, 0.1) is 5.60 Å². The van der Waals surface area contributed by atoms with Gasteiger partial charge in [0.15, 0.2) is 17.3 Å². The number of Topliss-reactive ketones (excluding diaryl/α,β-unsaturated/α-hetero) is 1. The van der Waals surface area contributed by atoms with Crippen molar-refractivity contribution in [3.63, 3.8) is 0 Å². The zero-order valence-electron chi connectivity index (χ0n) is 17.8. The van der Waals surface area contributed by atoms with E-state index < -0.39 is 53.4 Å². The molecule has 3 rings (SSSR count). The molecule has 2 heterocycles. The lowest BCUT2D eigenvalue weighted by Crippen LogP contribution is -2.33. The Hall–Kier alpha value is -3.01. The molecular formula is C22H22F4N2O4. The normalized spacial score (nSPS) is 22.1. The van der Waals surface area contributed by atoms with Gasteiger partial charge in [-0.1, -0.05) is 13.0 Å². The number of alkyl halides is 2. The predicted octanol–water partition coefficient (Wildman–Crippen LogP) is 4.70. The van der Waals surface area contributed by atoms with Gasteiger partial charge < -0.3 is 14.8 Å². The van der Waals surface area contributed by atoms with E-state index in [1.165, 1.54) is 25.3 Å². The molecule has 1 aliphatic heterocycles. The Morgan fingerprint density at radius 1 is 1.22 bits per heavy atom. The van der Waals surface area contributed by atoms with Gasteiger partial charge in [-0.3, -0.25) is 14.6 Å². The van der Waals surface area contributed by atoms with E-state index in [4.69, 9.17) is 4.74 Å². The number of halogens is 4. The van der Waals surface area contributed by atoms with Crippen molar-refractivity contribution < 1.29 is 36.6 Å². The molecule has 0 bridgehead atoms. The molecule has 3 atom stereocenters. The summed E-state index contributed by atoms with van der Waals surface area (Å²) >= 11 is 0. The molecule has 0 aliphatic carbocycles. The van der Waals surface area contributed by atoms with E-state index in [0.29, 0.717) is 0 Å². The molecule has 1 saturated heterocycles. The second-order valence-corrected chi connectivity index (χ2v) is 8.09. The van der Waals surface area contributed by atoms with Crippen molar-refractivity contribution in [1.82, 2.24) is 4.98 Å². The Balaban J connectivity index is 2.01. The number of ketones is 1. The number of rotatable bonds is 6. The number of aromatic nitrogens is 1. The lowest BCUT2D eigenvalue weighted by atomic mass is 9.78. The smallest absolute Gasteiger partial charge is 0.387 e. The molecule has 1 aromatic heterocycles. The maximum atomic E-state index is 14.4. The number of nitrogens with one attached hydrogen (secondary N) is 1. The molecule has 6 nitrogen and oxygen atoms in total. The van der Waals surface area contributed by atoms with Crippen molar-refractivity contribution in [1.29, 1.82) is 0 Å². The van der Waals surface area contributed by atoms with Crippen LogP contribution in [-0.4, -0.2) is 35.0 Å². The molecule has 0 saturated carbocycles. The zero-order chi connectivity index (χ0) is 23.8. The number of hydrogen-bond donors (Lipinski definition) is 1. The molecule has 1 aliphatic rings. The monoisotopic (exact) mass is 454 g/mol. The Kier molecular flexibility index (Phi) is 6.54. The van der Waals surface area contributed by atoms with Crippen LogP contribution in [0, 0.1) is 17.6 Å². The van der Waals surface area contributed by atoms with Crippen LogP contribution in [0.2, 0.25) is 0 Å². The second-order valence-electron chi connectivity index (χ2n) is 8.09. The highest BCUT2D eigenvalue weighted by atomic mass is 19.3. The number of carbonyl (C=O) groups excluding carboxylic acids is 2. The van der Waals surface area contributed by atoms with E-state index in [9.17, 15) is 27.2 Å². The van der Waals surface area contributed by atoms with Crippen LogP contribution >= 0.6 is 0 Å². The molecule has 0 spiro atoms. The summed E-state index contributed by atoms with van der Waals surface area (Å²) in [4.78, 5) is 28.6. The van der Waals surface area contributed by atoms with Crippen LogP contribution in [0.3, 0.4) is 0 Å². The summed E-state index contributed by atoms with van der Waals surface area (Å²) in [7, 11) is 0. The number of ether oxygens (including phenoxy) is 2. The average molecular weight is 454 g/mol. The van der Waals surface area contributed by atoms with Crippen LogP contribution in [0.5, 0.6) is 5.75 Å². The fourth-order valence-corrected chi connectivity index (χ4v) is 3.78. The summed E-state index contributed by atoms with van der Waals surface area (Å²) < 4.78 is 64.2. The number of anilines is 1. The van der Waals surface area contributed by atoms with E-state index in [1.807, 2.05) is 0 Å². The minimum atomic E-state index is -3.40. The van der Waals surface area contributed by atoms with Gasteiger partial charge in [-0.05, 0) is 38.0 Å². The standard InChI is InChI=1S/C22H22F4N2O4/c1-10-16(13-5-6-14(23)17(24)18(13)31-21(25)26)19(32-22(10,3)4)20(30)28-12-7-8-27-15(9-12)11(2)29/h5-10,16,19,21H,1-4H3,(H,27,28,30)/t10-,16-,19+/m0/s1. The highest BCUT2D eigenvalue weighted by molar-refractivity contribution is 5.97. The zero-order valence-corrected chi connectivity index (χ0v) is 17.8. The fourth-order valence-electron chi connectivity index (χ4n) is 3.78. The first-order chi connectivity index (χ1) is 14.9. The van der Waals surface area contributed by atoms with Crippen molar-refractivity contribution in [2.24, 2.45) is 5.92 Å². The molecule has 1 aromatic carbocycles. The number of benzene rings is 1. The van der Waals surface area contributed by atoms with E-state index in [-0.39, 0.29) is 22.7 Å². The largest absolute Gasteiger partial charge is 0.431 e. The molecule has 1 N–H and O–H groups in total. The molecule has 172 valence electrons. The number of amides is 1. The Morgan fingerprint density at radius 2 is 1.91 bits per heavy atom. The first-order valence-electron chi connectivity index (χ1n) is 9.80. The van der Waals surface area contributed by atoms with Crippen LogP contribution < -0.4 is 10.1 Å². The predicted molar refractivity (Wildman–Crippen MR) is 107 cm³/mol. The van der Waals surface area contributed by atoms with Gasteiger partial charge in [0.2, 0.25) is 5.82 Å². The van der Waals surface area contributed by atoms with Gasteiger partial charge in [0.1, 0.15) is 11.8 Å². The van der Waals surface area contributed by atoms with Crippen molar-refractivity contribution in [2.45, 2.75) is 51.9 Å². The molecule has 0 radical (unpaired) electrons. The van der Waals surface area contributed by atoms with E-state index >= 15 is 0 Å². The number of hydrogen-bond acceptors (Lipinski definition) is 5. The van der Waals surface area contributed by atoms with Crippen molar-refractivity contribution in [3.05, 3.63) is 53.4 Å². The van der Waals surface area contributed by atoms with Gasteiger partial charge in [0, 0.05) is 30.3 Å². The van der Waals surface area contributed by atoms with E-state index in [2.05, 4.69) is 15.0 Å².